The van der Waals surface area contributed by atoms with Crippen molar-refractivity contribution in [2.75, 3.05) is 22.3 Å². The number of hydrazine groups is 1. The third-order valence-electron chi connectivity index (χ3n) is 5.65. The number of benzene rings is 1. The van der Waals surface area contributed by atoms with Crippen molar-refractivity contribution in [2.45, 2.75) is 23.9 Å². The fraction of sp³-hybridized carbons (Fsp3) is 0.217. The maximum absolute atomic E-state index is 12.9. The van der Waals surface area contributed by atoms with Crippen LogP contribution < -0.4 is 21.5 Å². The van der Waals surface area contributed by atoms with Crippen molar-refractivity contribution in [1.29, 1.82) is 0 Å². The number of anilines is 3. The maximum Gasteiger partial charge on any atom is 0.248 e. The second kappa shape index (κ2) is 8.50. The summed E-state index contributed by atoms with van der Waals surface area (Å²) in [6.07, 6.45) is 7.54. The molecule has 0 saturated heterocycles. The summed E-state index contributed by atoms with van der Waals surface area (Å²) in [5.74, 6) is -0.226. The summed E-state index contributed by atoms with van der Waals surface area (Å²) in [5, 5.41) is 5.59. The van der Waals surface area contributed by atoms with Gasteiger partial charge in [-0.15, -0.1) is 0 Å². The van der Waals surface area contributed by atoms with E-state index in [1.807, 2.05) is 24.3 Å². The van der Waals surface area contributed by atoms with Gasteiger partial charge < -0.3 is 16.1 Å². The van der Waals surface area contributed by atoms with Gasteiger partial charge in [0.25, 0.3) is 0 Å². The molecule has 0 radical (unpaired) electrons. The van der Waals surface area contributed by atoms with Crippen molar-refractivity contribution >= 4 is 38.7 Å². The Balaban J connectivity index is 1.34. The molecule has 1 unspecified atom stereocenters. The number of nitrogens with zero attached hydrogens (tertiary/aromatic N) is 2. The molecule has 2 aliphatic rings. The number of aromatic nitrogens is 2. The van der Waals surface area contributed by atoms with Crippen LogP contribution in [0.4, 0.5) is 17.1 Å². The summed E-state index contributed by atoms with van der Waals surface area (Å²) in [6, 6.07) is 9.67. The zero-order chi connectivity index (χ0) is 23.9. The lowest BCUT2D eigenvalue weighted by Crippen LogP contribution is -2.30. The second-order valence-electron chi connectivity index (χ2n) is 8.38. The Morgan fingerprint density at radius 1 is 0.941 bits per heavy atom. The van der Waals surface area contributed by atoms with Gasteiger partial charge in [-0.25, -0.2) is 18.8 Å². The molecule has 1 fully saturated rings. The highest BCUT2D eigenvalue weighted by Gasteiger charge is 2.30. The molecule has 34 heavy (non-hydrogen) atoms. The summed E-state index contributed by atoms with van der Waals surface area (Å²) in [6.45, 7) is 0. The number of nitrogens with one attached hydrogen (secondary N) is 4. The highest BCUT2D eigenvalue weighted by atomic mass is 32.2. The smallest absolute Gasteiger partial charge is 0.248 e. The molecule has 3 aromatic rings. The molecule has 5 rings (SSSR count). The van der Waals surface area contributed by atoms with E-state index in [2.05, 4.69) is 31.5 Å². The highest BCUT2D eigenvalue weighted by Crippen LogP contribution is 2.34. The molecular weight excluding hydrogens is 456 g/mol. The van der Waals surface area contributed by atoms with Gasteiger partial charge in [-0.05, 0) is 48.7 Å². The number of carbonyl (C=O) groups is 2. The Hall–Kier alpha value is -3.83. The second-order valence-corrected chi connectivity index (χ2v) is 10.3. The average Bonchev–Trinajstić information content (AvgIpc) is 3.58. The molecule has 1 aromatic carbocycles. The molecule has 11 heteroatoms. The van der Waals surface area contributed by atoms with Gasteiger partial charge in [-0.1, -0.05) is 6.07 Å². The lowest BCUT2D eigenvalue weighted by atomic mass is 9.99. The molecule has 0 spiro atoms. The minimum Gasteiger partial charge on any atom is -0.324 e. The predicted molar refractivity (Wildman–Crippen MR) is 127 cm³/mol. The van der Waals surface area contributed by atoms with E-state index < -0.39 is 15.9 Å². The van der Waals surface area contributed by atoms with Gasteiger partial charge >= 0.3 is 0 Å². The van der Waals surface area contributed by atoms with E-state index in [1.54, 1.807) is 12.4 Å². The Morgan fingerprint density at radius 2 is 1.74 bits per heavy atom. The molecule has 1 atom stereocenters. The van der Waals surface area contributed by atoms with Gasteiger partial charge in [-0.2, -0.15) is 0 Å². The average molecular weight is 479 g/mol. The van der Waals surface area contributed by atoms with Crippen molar-refractivity contribution in [3.8, 4) is 11.1 Å². The van der Waals surface area contributed by atoms with E-state index in [0.717, 1.165) is 41.5 Å². The van der Waals surface area contributed by atoms with E-state index in [9.17, 15) is 18.0 Å². The van der Waals surface area contributed by atoms with Crippen LogP contribution in [0.5, 0.6) is 0 Å². The molecule has 2 amide bonds. The monoisotopic (exact) mass is 478 g/mol. The molecule has 1 saturated carbocycles. The van der Waals surface area contributed by atoms with Crippen LogP contribution in [0.3, 0.4) is 0 Å². The molecule has 4 N–H and O–H groups in total. The van der Waals surface area contributed by atoms with Gasteiger partial charge in [0.1, 0.15) is 6.04 Å². The van der Waals surface area contributed by atoms with Crippen LogP contribution >= 0.6 is 0 Å². The van der Waals surface area contributed by atoms with Crippen molar-refractivity contribution in [3.63, 3.8) is 0 Å². The number of fused-ring (bicyclic) bond motifs is 1. The number of sulfone groups is 1. The molecule has 174 valence electrons. The number of rotatable bonds is 6. The first-order valence-corrected chi connectivity index (χ1v) is 12.6. The summed E-state index contributed by atoms with van der Waals surface area (Å²) < 4.78 is 23.1. The summed E-state index contributed by atoms with van der Waals surface area (Å²) in [4.78, 5) is 33.2. The SMILES string of the molecule is CS(=O)(=O)c1ccc(NC(=O)C2NNc3ccc(-c4cncc(NC(=O)C5CC5)c4)cc32)cn1. The van der Waals surface area contributed by atoms with Crippen LogP contribution in [0.2, 0.25) is 0 Å². The summed E-state index contributed by atoms with van der Waals surface area (Å²) in [7, 11) is -3.42. The van der Waals surface area contributed by atoms with E-state index in [-0.39, 0.29) is 22.8 Å². The molecule has 3 heterocycles. The van der Waals surface area contributed by atoms with Crippen LogP contribution in [0.1, 0.15) is 24.4 Å². The minimum absolute atomic E-state index is 0.0112. The third-order valence-corrected chi connectivity index (χ3v) is 6.65. The quantitative estimate of drug-likeness (QED) is 0.423. The standard InChI is InChI=1S/C23H22N6O4S/c1-34(32,33)20-7-5-16(12-25-20)26-23(31)21-18-9-14(4-6-19(18)28-29-21)15-8-17(11-24-10-15)27-22(30)13-2-3-13/h4-13,21,28-29H,2-3H2,1H3,(H,26,31)(H,27,30). The fourth-order valence-corrected chi connectivity index (χ4v) is 4.23. The zero-order valence-corrected chi connectivity index (χ0v) is 19.0. The Morgan fingerprint density at radius 3 is 2.44 bits per heavy atom. The maximum atomic E-state index is 12.9. The number of hydrogen-bond acceptors (Lipinski definition) is 8. The minimum atomic E-state index is -3.42. The zero-order valence-electron chi connectivity index (χ0n) is 18.2. The van der Waals surface area contributed by atoms with Crippen LogP contribution in [-0.2, 0) is 19.4 Å². The predicted octanol–water partition coefficient (Wildman–Crippen LogP) is 2.51. The van der Waals surface area contributed by atoms with Crippen LogP contribution in [0, 0.1) is 5.92 Å². The molecule has 0 bridgehead atoms. The number of pyridine rings is 2. The molecule has 10 nitrogen and oxygen atoms in total. The van der Waals surface area contributed by atoms with E-state index in [0.29, 0.717) is 11.4 Å². The molecule has 1 aliphatic carbocycles. The largest absolute Gasteiger partial charge is 0.324 e. The summed E-state index contributed by atoms with van der Waals surface area (Å²) in [5.41, 5.74) is 10.1. The van der Waals surface area contributed by atoms with Gasteiger partial charge in [-0.3, -0.25) is 14.6 Å². The van der Waals surface area contributed by atoms with Crippen molar-refractivity contribution in [1.82, 2.24) is 15.4 Å². The first kappa shape index (κ1) is 22.0. The van der Waals surface area contributed by atoms with Crippen molar-refractivity contribution in [2.24, 2.45) is 5.92 Å². The number of carbonyl (C=O) groups excluding carboxylic acids is 2. The Labute approximate surface area is 196 Å². The van der Waals surface area contributed by atoms with Gasteiger partial charge in [0.15, 0.2) is 14.9 Å². The van der Waals surface area contributed by atoms with Crippen molar-refractivity contribution < 1.29 is 18.0 Å². The first-order valence-electron chi connectivity index (χ1n) is 10.7. The third kappa shape index (κ3) is 4.61. The van der Waals surface area contributed by atoms with E-state index in [1.165, 1.54) is 18.3 Å². The summed E-state index contributed by atoms with van der Waals surface area (Å²) >= 11 is 0. The fourth-order valence-electron chi connectivity index (χ4n) is 3.67. The Bertz CT molecular complexity index is 1390. The molecule has 2 aromatic heterocycles. The van der Waals surface area contributed by atoms with Crippen molar-refractivity contribution in [3.05, 3.63) is 60.6 Å². The molecule has 1 aliphatic heterocycles. The van der Waals surface area contributed by atoms with Gasteiger partial charge in [0.05, 0.1) is 29.5 Å². The van der Waals surface area contributed by atoms with Crippen LogP contribution in [0.25, 0.3) is 11.1 Å². The number of amides is 2. The van der Waals surface area contributed by atoms with Crippen LogP contribution in [-0.4, -0.2) is 36.5 Å². The van der Waals surface area contributed by atoms with E-state index >= 15 is 0 Å². The van der Waals surface area contributed by atoms with E-state index in [4.69, 9.17) is 0 Å². The topological polar surface area (TPSA) is 142 Å². The van der Waals surface area contributed by atoms with Crippen LogP contribution in [0.15, 0.2) is 60.0 Å². The van der Waals surface area contributed by atoms with Gasteiger partial charge in [0.2, 0.25) is 11.8 Å². The highest BCUT2D eigenvalue weighted by molar-refractivity contribution is 7.90. The van der Waals surface area contributed by atoms with Gasteiger partial charge in [0, 0.05) is 29.5 Å². The Kier molecular flexibility index (Phi) is 5.50. The lowest BCUT2D eigenvalue weighted by molar-refractivity contribution is -0.118. The number of hydrogen-bond donors (Lipinski definition) is 4. The molecular formula is C23H22N6O4S. The lowest BCUT2D eigenvalue weighted by Gasteiger charge is -2.13. The normalized spacial score (nSPS) is 16.9. The first-order chi connectivity index (χ1) is 16.3.